The molecule has 2 aromatic carbocycles. The lowest BCUT2D eigenvalue weighted by atomic mass is 10.1. The normalized spacial score (nSPS) is 11.6. The van der Waals surface area contributed by atoms with Crippen LogP contribution in [0.4, 0.5) is 4.79 Å². The minimum absolute atomic E-state index is 0.0904. The highest BCUT2D eigenvalue weighted by atomic mass is 16.6. The quantitative estimate of drug-likeness (QED) is 0.504. The topological polar surface area (TPSA) is 77.4 Å². The molecule has 0 saturated heterocycles. The van der Waals surface area contributed by atoms with Crippen molar-refractivity contribution in [2.24, 2.45) is 0 Å². The molecule has 0 spiro atoms. The van der Waals surface area contributed by atoms with Gasteiger partial charge in [0.05, 0.1) is 12.1 Å². The standard InChI is InChI=1S/C24H24N2O4/c1-24(2,3)30-23(29)26-16-18(19-11-7-8-12-20(19)26)13-14-22(28)25-15-21(27)17-9-5-4-6-10-17/h4-14,16H,15H2,1-3H3,(H,25,28)/b14-13+. The average molecular weight is 404 g/mol. The van der Waals surface area contributed by atoms with E-state index in [0.29, 0.717) is 16.6 Å². The maximum absolute atomic E-state index is 12.5. The SMILES string of the molecule is CC(C)(C)OC(=O)n1cc(/C=C/C(=O)NCC(=O)c2ccccc2)c2ccccc21. The second kappa shape index (κ2) is 8.78. The minimum atomic E-state index is -0.621. The summed E-state index contributed by atoms with van der Waals surface area (Å²) in [7, 11) is 0. The van der Waals surface area contributed by atoms with Gasteiger partial charge in [-0.3, -0.25) is 14.2 Å². The minimum Gasteiger partial charge on any atom is -0.443 e. The van der Waals surface area contributed by atoms with Gasteiger partial charge < -0.3 is 10.1 Å². The number of hydrogen-bond acceptors (Lipinski definition) is 4. The van der Waals surface area contributed by atoms with Crippen LogP contribution in [0, 0.1) is 0 Å². The molecule has 0 aliphatic carbocycles. The zero-order valence-electron chi connectivity index (χ0n) is 17.2. The lowest BCUT2D eigenvalue weighted by Gasteiger charge is -2.19. The van der Waals surface area contributed by atoms with Crippen LogP contribution in [-0.4, -0.2) is 34.5 Å². The number of ether oxygens (including phenoxy) is 1. The second-order valence-corrected chi connectivity index (χ2v) is 7.79. The molecule has 0 atom stereocenters. The van der Waals surface area contributed by atoms with E-state index in [1.165, 1.54) is 10.6 Å². The van der Waals surface area contributed by atoms with Crippen LogP contribution >= 0.6 is 0 Å². The van der Waals surface area contributed by atoms with E-state index in [-0.39, 0.29) is 12.3 Å². The Hall–Kier alpha value is -3.67. The lowest BCUT2D eigenvalue weighted by Crippen LogP contribution is -2.27. The van der Waals surface area contributed by atoms with Gasteiger partial charge in [-0.05, 0) is 32.9 Å². The summed E-state index contributed by atoms with van der Waals surface area (Å²) in [6, 6.07) is 16.2. The summed E-state index contributed by atoms with van der Waals surface area (Å²) >= 11 is 0. The molecule has 0 fully saturated rings. The first-order chi connectivity index (χ1) is 14.2. The Kier molecular flexibility index (Phi) is 6.16. The molecule has 1 heterocycles. The number of fused-ring (bicyclic) bond motifs is 1. The third-order valence-corrected chi connectivity index (χ3v) is 4.27. The molecule has 0 aliphatic heterocycles. The second-order valence-electron chi connectivity index (χ2n) is 7.79. The monoisotopic (exact) mass is 404 g/mol. The number of Topliss-reactive ketones (excluding diaryl/α,β-unsaturated/α-hetero) is 1. The number of carbonyl (C=O) groups excluding carboxylic acids is 3. The van der Waals surface area contributed by atoms with Crippen LogP contribution in [0.2, 0.25) is 0 Å². The van der Waals surface area contributed by atoms with Crippen LogP contribution < -0.4 is 5.32 Å². The maximum Gasteiger partial charge on any atom is 0.419 e. The number of benzene rings is 2. The molecule has 0 bridgehead atoms. The van der Waals surface area contributed by atoms with Crippen LogP contribution in [0.1, 0.15) is 36.7 Å². The molecule has 0 unspecified atom stereocenters. The Morgan fingerprint density at radius 3 is 2.37 bits per heavy atom. The number of aromatic nitrogens is 1. The van der Waals surface area contributed by atoms with E-state index in [2.05, 4.69) is 5.32 Å². The molecule has 1 N–H and O–H groups in total. The zero-order chi connectivity index (χ0) is 21.7. The largest absolute Gasteiger partial charge is 0.443 e. The van der Waals surface area contributed by atoms with Gasteiger partial charge in [0.25, 0.3) is 0 Å². The van der Waals surface area contributed by atoms with Crippen molar-refractivity contribution in [3.63, 3.8) is 0 Å². The Bertz CT molecular complexity index is 1110. The van der Waals surface area contributed by atoms with Gasteiger partial charge in [0.15, 0.2) is 5.78 Å². The van der Waals surface area contributed by atoms with Crippen molar-refractivity contribution in [3.8, 4) is 0 Å². The summed E-state index contributed by atoms with van der Waals surface area (Å²) in [6.07, 6.45) is 4.11. The number of ketones is 1. The highest BCUT2D eigenvalue weighted by molar-refractivity contribution is 6.02. The Morgan fingerprint density at radius 1 is 1.00 bits per heavy atom. The molecule has 6 nitrogen and oxygen atoms in total. The van der Waals surface area contributed by atoms with Crippen LogP contribution in [0.5, 0.6) is 0 Å². The number of nitrogens with zero attached hydrogens (tertiary/aromatic N) is 1. The van der Waals surface area contributed by atoms with E-state index in [1.807, 2.05) is 30.3 Å². The fraction of sp³-hybridized carbons (Fsp3) is 0.208. The molecule has 30 heavy (non-hydrogen) atoms. The molecule has 0 aliphatic rings. The molecule has 1 amide bonds. The fourth-order valence-electron chi connectivity index (χ4n) is 2.92. The molecule has 1 aromatic heterocycles. The number of rotatable bonds is 5. The first kappa shape index (κ1) is 21.0. The molecule has 0 radical (unpaired) electrons. The number of carbonyl (C=O) groups is 3. The number of hydrogen-bond donors (Lipinski definition) is 1. The highest BCUT2D eigenvalue weighted by Crippen LogP contribution is 2.23. The number of nitrogens with one attached hydrogen (secondary N) is 1. The van der Waals surface area contributed by atoms with Gasteiger partial charge in [0.2, 0.25) is 5.91 Å². The Balaban J connectivity index is 1.73. The molecule has 3 aromatic rings. The van der Waals surface area contributed by atoms with Crippen molar-refractivity contribution in [2.75, 3.05) is 6.54 Å². The van der Waals surface area contributed by atoms with Gasteiger partial charge in [0.1, 0.15) is 5.60 Å². The third-order valence-electron chi connectivity index (χ3n) is 4.27. The summed E-state index contributed by atoms with van der Waals surface area (Å²) in [6.45, 7) is 5.32. The highest BCUT2D eigenvalue weighted by Gasteiger charge is 2.20. The molecule has 3 rings (SSSR count). The van der Waals surface area contributed by atoms with Gasteiger partial charge in [0, 0.05) is 28.8 Å². The Labute approximate surface area is 175 Å². The van der Waals surface area contributed by atoms with Gasteiger partial charge in [-0.2, -0.15) is 0 Å². The summed E-state index contributed by atoms with van der Waals surface area (Å²) in [4.78, 5) is 36.8. The van der Waals surface area contributed by atoms with Crippen LogP contribution in [-0.2, 0) is 9.53 Å². The van der Waals surface area contributed by atoms with E-state index >= 15 is 0 Å². The van der Waals surface area contributed by atoms with Crippen molar-refractivity contribution >= 4 is 34.8 Å². The van der Waals surface area contributed by atoms with E-state index in [1.54, 1.807) is 57.3 Å². The summed E-state index contributed by atoms with van der Waals surface area (Å²) < 4.78 is 6.89. The van der Waals surface area contributed by atoms with Crippen LogP contribution in [0.15, 0.2) is 66.9 Å². The predicted molar refractivity (Wildman–Crippen MR) is 116 cm³/mol. The summed E-state index contributed by atoms with van der Waals surface area (Å²) in [5.41, 5.74) is 1.30. The van der Waals surface area contributed by atoms with Crippen LogP contribution in [0.25, 0.3) is 17.0 Å². The van der Waals surface area contributed by atoms with Crippen molar-refractivity contribution in [1.82, 2.24) is 9.88 Å². The van der Waals surface area contributed by atoms with Crippen molar-refractivity contribution in [2.45, 2.75) is 26.4 Å². The fourth-order valence-corrected chi connectivity index (χ4v) is 2.92. The lowest BCUT2D eigenvalue weighted by molar-refractivity contribution is -0.116. The zero-order valence-corrected chi connectivity index (χ0v) is 17.2. The first-order valence-electron chi connectivity index (χ1n) is 9.62. The van der Waals surface area contributed by atoms with Gasteiger partial charge in [-0.1, -0.05) is 48.5 Å². The molecular weight excluding hydrogens is 380 g/mol. The van der Waals surface area contributed by atoms with Crippen molar-refractivity contribution in [3.05, 3.63) is 78.0 Å². The van der Waals surface area contributed by atoms with E-state index < -0.39 is 17.6 Å². The van der Waals surface area contributed by atoms with Crippen molar-refractivity contribution in [1.29, 1.82) is 0 Å². The van der Waals surface area contributed by atoms with Crippen LogP contribution in [0.3, 0.4) is 0 Å². The molecule has 154 valence electrons. The third kappa shape index (κ3) is 5.23. The number of para-hydroxylation sites is 1. The van der Waals surface area contributed by atoms with Crippen molar-refractivity contribution < 1.29 is 19.1 Å². The average Bonchev–Trinajstić information content (AvgIpc) is 3.09. The Morgan fingerprint density at radius 2 is 1.67 bits per heavy atom. The first-order valence-corrected chi connectivity index (χ1v) is 9.62. The van der Waals surface area contributed by atoms with E-state index in [0.717, 1.165) is 5.39 Å². The number of amides is 1. The molecular formula is C24H24N2O4. The summed E-state index contributed by atoms with van der Waals surface area (Å²) in [5.74, 6) is -0.563. The van der Waals surface area contributed by atoms with Gasteiger partial charge in [-0.15, -0.1) is 0 Å². The molecule has 6 heteroatoms. The van der Waals surface area contributed by atoms with E-state index in [9.17, 15) is 14.4 Å². The van der Waals surface area contributed by atoms with E-state index in [4.69, 9.17) is 4.74 Å². The predicted octanol–water partition coefficient (Wildman–Crippen LogP) is 4.44. The van der Waals surface area contributed by atoms with Gasteiger partial charge >= 0.3 is 6.09 Å². The summed E-state index contributed by atoms with van der Waals surface area (Å²) in [5, 5.41) is 3.40. The smallest absolute Gasteiger partial charge is 0.419 e. The maximum atomic E-state index is 12.5. The van der Waals surface area contributed by atoms with Gasteiger partial charge in [-0.25, -0.2) is 4.79 Å². The molecule has 0 saturated carbocycles.